The van der Waals surface area contributed by atoms with Gasteiger partial charge in [-0.05, 0) is 22.0 Å². The second kappa shape index (κ2) is 3.97. The van der Waals surface area contributed by atoms with Gasteiger partial charge in [0.1, 0.15) is 11.8 Å². The summed E-state index contributed by atoms with van der Waals surface area (Å²) in [5.41, 5.74) is 5.75. The monoisotopic (exact) mass is 260 g/mol. The predicted molar refractivity (Wildman–Crippen MR) is 53.4 cm³/mol. The SMILES string of the molecule is N#CC(N)c1ccc(Br)c(Cl)c1O. The van der Waals surface area contributed by atoms with Crippen LogP contribution in [0.2, 0.25) is 5.02 Å². The van der Waals surface area contributed by atoms with E-state index in [2.05, 4.69) is 15.9 Å². The van der Waals surface area contributed by atoms with Crippen LogP contribution in [0.1, 0.15) is 11.6 Å². The number of nitriles is 1. The van der Waals surface area contributed by atoms with Gasteiger partial charge in [0.25, 0.3) is 0 Å². The number of benzene rings is 1. The molecule has 0 saturated carbocycles. The Morgan fingerprint density at radius 3 is 2.77 bits per heavy atom. The molecule has 0 radical (unpaired) electrons. The molecule has 0 aliphatic carbocycles. The van der Waals surface area contributed by atoms with E-state index in [1.807, 2.05) is 6.07 Å². The van der Waals surface area contributed by atoms with Crippen molar-refractivity contribution in [3.05, 3.63) is 27.2 Å². The summed E-state index contributed by atoms with van der Waals surface area (Å²) in [6.07, 6.45) is 0. The Kier molecular flexibility index (Phi) is 3.15. The molecule has 3 N–H and O–H groups in total. The van der Waals surface area contributed by atoms with E-state index in [-0.39, 0.29) is 10.8 Å². The molecule has 0 spiro atoms. The van der Waals surface area contributed by atoms with Crippen molar-refractivity contribution in [1.29, 1.82) is 5.26 Å². The third-order valence-corrected chi connectivity index (χ3v) is 2.85. The van der Waals surface area contributed by atoms with E-state index in [4.69, 9.17) is 22.6 Å². The molecular weight excluding hydrogens is 255 g/mol. The van der Waals surface area contributed by atoms with E-state index in [1.54, 1.807) is 12.1 Å². The summed E-state index contributed by atoms with van der Waals surface area (Å²) >= 11 is 8.86. The molecule has 3 nitrogen and oxygen atoms in total. The number of hydrogen-bond donors (Lipinski definition) is 2. The van der Waals surface area contributed by atoms with Crippen LogP contribution in [0.25, 0.3) is 0 Å². The number of nitrogens with two attached hydrogens (primary N) is 1. The van der Waals surface area contributed by atoms with Gasteiger partial charge in [0.05, 0.1) is 11.1 Å². The van der Waals surface area contributed by atoms with Crippen LogP contribution < -0.4 is 5.73 Å². The molecule has 0 aromatic heterocycles. The fraction of sp³-hybridized carbons (Fsp3) is 0.125. The first-order valence-corrected chi connectivity index (χ1v) is 4.57. The van der Waals surface area contributed by atoms with Crippen LogP contribution >= 0.6 is 27.5 Å². The Morgan fingerprint density at radius 2 is 2.23 bits per heavy atom. The predicted octanol–water partition coefficient (Wildman–Crippen LogP) is 2.33. The Bertz CT molecular complexity index is 375. The van der Waals surface area contributed by atoms with Crippen molar-refractivity contribution in [1.82, 2.24) is 0 Å². The highest BCUT2D eigenvalue weighted by atomic mass is 79.9. The number of aromatic hydroxyl groups is 1. The minimum atomic E-state index is -0.856. The molecule has 0 saturated heterocycles. The molecule has 0 aliphatic rings. The normalized spacial score (nSPS) is 12.2. The molecule has 0 heterocycles. The number of phenols is 1. The highest BCUT2D eigenvalue weighted by Gasteiger charge is 2.14. The molecule has 0 bridgehead atoms. The van der Waals surface area contributed by atoms with Crippen molar-refractivity contribution in [3.63, 3.8) is 0 Å². The van der Waals surface area contributed by atoms with Gasteiger partial charge in [-0.25, -0.2) is 0 Å². The van der Waals surface area contributed by atoms with Gasteiger partial charge in [0.2, 0.25) is 0 Å². The quantitative estimate of drug-likeness (QED) is 0.815. The molecule has 68 valence electrons. The summed E-state index contributed by atoms with van der Waals surface area (Å²) in [6.45, 7) is 0. The van der Waals surface area contributed by atoms with E-state index in [0.29, 0.717) is 10.0 Å². The Labute approximate surface area is 88.9 Å². The van der Waals surface area contributed by atoms with Gasteiger partial charge < -0.3 is 10.8 Å². The number of rotatable bonds is 1. The smallest absolute Gasteiger partial charge is 0.141 e. The highest BCUT2D eigenvalue weighted by molar-refractivity contribution is 9.10. The Balaban J connectivity index is 3.28. The lowest BCUT2D eigenvalue weighted by Gasteiger charge is -2.08. The maximum absolute atomic E-state index is 9.49. The highest BCUT2D eigenvalue weighted by Crippen LogP contribution is 2.36. The largest absolute Gasteiger partial charge is 0.506 e. The lowest BCUT2D eigenvalue weighted by Crippen LogP contribution is -2.07. The van der Waals surface area contributed by atoms with Crippen molar-refractivity contribution >= 4 is 27.5 Å². The number of phenolic OH excluding ortho intramolecular Hbond substituents is 1. The van der Waals surface area contributed by atoms with Gasteiger partial charge in [-0.1, -0.05) is 17.7 Å². The first kappa shape index (κ1) is 10.3. The summed E-state index contributed by atoms with van der Waals surface area (Å²) in [4.78, 5) is 0. The topological polar surface area (TPSA) is 70.0 Å². The van der Waals surface area contributed by atoms with Crippen LogP contribution in [0.4, 0.5) is 0 Å². The van der Waals surface area contributed by atoms with Gasteiger partial charge in [-0.2, -0.15) is 5.26 Å². The first-order chi connectivity index (χ1) is 6.07. The third-order valence-electron chi connectivity index (χ3n) is 1.57. The Morgan fingerprint density at radius 1 is 1.62 bits per heavy atom. The summed E-state index contributed by atoms with van der Waals surface area (Å²) < 4.78 is 0.570. The third kappa shape index (κ3) is 1.94. The van der Waals surface area contributed by atoms with Crippen LogP contribution in [-0.2, 0) is 0 Å². The molecule has 1 aromatic carbocycles. The average molecular weight is 262 g/mol. The van der Waals surface area contributed by atoms with Gasteiger partial charge in [0.15, 0.2) is 0 Å². The molecule has 13 heavy (non-hydrogen) atoms. The number of halogens is 2. The van der Waals surface area contributed by atoms with Crippen LogP contribution in [0.3, 0.4) is 0 Å². The summed E-state index contributed by atoms with van der Waals surface area (Å²) in [5, 5.41) is 18.2. The molecule has 0 fully saturated rings. The number of nitrogens with zero attached hydrogens (tertiary/aromatic N) is 1. The lowest BCUT2D eigenvalue weighted by atomic mass is 10.1. The van der Waals surface area contributed by atoms with E-state index in [9.17, 15) is 5.11 Å². The van der Waals surface area contributed by atoms with Crippen LogP contribution in [0.15, 0.2) is 16.6 Å². The minimum absolute atomic E-state index is 0.148. The van der Waals surface area contributed by atoms with Gasteiger partial charge in [0, 0.05) is 10.0 Å². The second-order valence-corrected chi connectivity index (χ2v) is 3.64. The van der Waals surface area contributed by atoms with Crippen LogP contribution in [0.5, 0.6) is 5.75 Å². The second-order valence-electron chi connectivity index (χ2n) is 2.41. The molecule has 1 rings (SSSR count). The van der Waals surface area contributed by atoms with Crippen LogP contribution in [-0.4, -0.2) is 5.11 Å². The van der Waals surface area contributed by atoms with Gasteiger partial charge in [-0.3, -0.25) is 0 Å². The number of hydrogen-bond acceptors (Lipinski definition) is 3. The van der Waals surface area contributed by atoms with E-state index < -0.39 is 6.04 Å². The molecular formula is C8H6BrClN2O. The molecule has 0 aliphatic heterocycles. The van der Waals surface area contributed by atoms with E-state index in [0.717, 1.165) is 0 Å². The molecule has 1 unspecified atom stereocenters. The van der Waals surface area contributed by atoms with Crippen molar-refractivity contribution in [2.24, 2.45) is 5.73 Å². The van der Waals surface area contributed by atoms with Crippen molar-refractivity contribution < 1.29 is 5.11 Å². The maximum Gasteiger partial charge on any atom is 0.141 e. The first-order valence-electron chi connectivity index (χ1n) is 3.40. The van der Waals surface area contributed by atoms with Crippen molar-refractivity contribution in [2.75, 3.05) is 0 Å². The van der Waals surface area contributed by atoms with Crippen molar-refractivity contribution in [2.45, 2.75) is 6.04 Å². The zero-order chi connectivity index (χ0) is 10.0. The van der Waals surface area contributed by atoms with E-state index in [1.165, 1.54) is 0 Å². The zero-order valence-corrected chi connectivity index (χ0v) is 8.80. The van der Waals surface area contributed by atoms with Crippen molar-refractivity contribution in [3.8, 4) is 11.8 Å². The zero-order valence-electron chi connectivity index (χ0n) is 6.46. The maximum atomic E-state index is 9.49. The average Bonchev–Trinajstić information content (AvgIpc) is 2.13. The fourth-order valence-electron chi connectivity index (χ4n) is 0.875. The standard InChI is InChI=1S/C8H6BrClN2O/c9-5-2-1-4(6(12)3-11)8(13)7(5)10/h1-2,6,13H,12H2. The summed E-state index contributed by atoms with van der Waals surface area (Å²) in [7, 11) is 0. The lowest BCUT2D eigenvalue weighted by molar-refractivity contribution is 0.466. The summed E-state index contributed by atoms with van der Waals surface area (Å²) in [6, 6.07) is 4.14. The molecule has 1 aromatic rings. The molecule has 5 heteroatoms. The minimum Gasteiger partial charge on any atom is -0.506 e. The van der Waals surface area contributed by atoms with Gasteiger partial charge >= 0.3 is 0 Å². The molecule has 1 atom stereocenters. The fourth-order valence-corrected chi connectivity index (χ4v) is 1.37. The van der Waals surface area contributed by atoms with Crippen LogP contribution in [0, 0.1) is 11.3 Å². The summed E-state index contributed by atoms with van der Waals surface area (Å²) in [5.74, 6) is -0.148. The molecule has 0 amide bonds. The van der Waals surface area contributed by atoms with Gasteiger partial charge in [-0.15, -0.1) is 0 Å². The van der Waals surface area contributed by atoms with E-state index >= 15 is 0 Å². The Hall–Kier alpha value is -0.760.